The average Bonchev–Trinajstić information content (AvgIpc) is 3.26. The number of benzene rings is 2. The highest BCUT2D eigenvalue weighted by Gasteiger charge is 2.21. The molecular weight excluding hydrogens is 248 g/mol. The van der Waals surface area contributed by atoms with Crippen LogP contribution in [0, 0.1) is 6.92 Å². The van der Waals surface area contributed by atoms with Gasteiger partial charge in [0, 0.05) is 23.0 Å². The first-order valence-corrected chi connectivity index (χ1v) is 6.96. The molecule has 20 heavy (non-hydrogen) atoms. The van der Waals surface area contributed by atoms with E-state index in [0.29, 0.717) is 11.6 Å². The molecule has 2 N–H and O–H groups in total. The van der Waals surface area contributed by atoms with Crippen molar-refractivity contribution in [2.75, 3.05) is 10.6 Å². The predicted octanol–water partition coefficient (Wildman–Crippen LogP) is 3.82. The SMILES string of the molecule is Cc1cc(C(=O)Nc2ccccc2)ccc1NC1CC1. The maximum absolute atomic E-state index is 12.2. The van der Waals surface area contributed by atoms with Crippen molar-refractivity contribution in [3.8, 4) is 0 Å². The molecule has 0 heterocycles. The van der Waals surface area contributed by atoms with Crippen molar-refractivity contribution in [2.24, 2.45) is 0 Å². The molecular formula is C17H18N2O. The van der Waals surface area contributed by atoms with Gasteiger partial charge in [-0.1, -0.05) is 18.2 Å². The molecule has 1 amide bonds. The van der Waals surface area contributed by atoms with Gasteiger partial charge in [-0.25, -0.2) is 0 Å². The number of amides is 1. The Morgan fingerprint density at radius 1 is 1.10 bits per heavy atom. The fourth-order valence-corrected chi connectivity index (χ4v) is 2.14. The van der Waals surface area contributed by atoms with E-state index in [1.165, 1.54) is 12.8 Å². The molecule has 2 aromatic carbocycles. The second-order valence-corrected chi connectivity index (χ2v) is 5.27. The minimum absolute atomic E-state index is 0.0720. The quantitative estimate of drug-likeness (QED) is 0.883. The summed E-state index contributed by atoms with van der Waals surface area (Å²) in [7, 11) is 0. The Labute approximate surface area is 119 Å². The van der Waals surface area contributed by atoms with Crippen molar-refractivity contribution in [1.82, 2.24) is 0 Å². The number of rotatable bonds is 4. The Morgan fingerprint density at radius 2 is 1.85 bits per heavy atom. The summed E-state index contributed by atoms with van der Waals surface area (Å²) in [5.74, 6) is -0.0720. The lowest BCUT2D eigenvalue weighted by Gasteiger charge is -2.10. The third-order valence-corrected chi connectivity index (χ3v) is 3.46. The van der Waals surface area contributed by atoms with Gasteiger partial charge in [0.2, 0.25) is 0 Å². The Bertz CT molecular complexity index is 618. The molecule has 1 fully saturated rings. The van der Waals surface area contributed by atoms with Gasteiger partial charge >= 0.3 is 0 Å². The van der Waals surface area contributed by atoms with Gasteiger partial charge in [0.25, 0.3) is 5.91 Å². The van der Waals surface area contributed by atoms with E-state index in [1.807, 2.05) is 55.5 Å². The number of carbonyl (C=O) groups is 1. The molecule has 0 unspecified atom stereocenters. The number of aryl methyl sites for hydroxylation is 1. The van der Waals surface area contributed by atoms with Crippen molar-refractivity contribution in [1.29, 1.82) is 0 Å². The fraction of sp³-hybridized carbons (Fsp3) is 0.235. The summed E-state index contributed by atoms with van der Waals surface area (Å²) in [5.41, 5.74) is 3.74. The molecule has 3 nitrogen and oxygen atoms in total. The molecule has 102 valence electrons. The summed E-state index contributed by atoms with van der Waals surface area (Å²) >= 11 is 0. The zero-order valence-corrected chi connectivity index (χ0v) is 11.5. The second kappa shape index (κ2) is 5.37. The topological polar surface area (TPSA) is 41.1 Å². The predicted molar refractivity (Wildman–Crippen MR) is 82.2 cm³/mol. The Balaban J connectivity index is 1.73. The van der Waals surface area contributed by atoms with Crippen molar-refractivity contribution in [2.45, 2.75) is 25.8 Å². The summed E-state index contributed by atoms with van der Waals surface area (Å²) in [5, 5.41) is 6.37. The molecule has 0 atom stereocenters. The minimum Gasteiger partial charge on any atom is -0.382 e. The Kier molecular flexibility index (Phi) is 3.42. The molecule has 3 heteroatoms. The summed E-state index contributed by atoms with van der Waals surface area (Å²) < 4.78 is 0. The smallest absolute Gasteiger partial charge is 0.255 e. The number of para-hydroxylation sites is 1. The van der Waals surface area contributed by atoms with Crippen LogP contribution in [0.5, 0.6) is 0 Å². The molecule has 1 aliphatic carbocycles. The third-order valence-electron chi connectivity index (χ3n) is 3.46. The maximum Gasteiger partial charge on any atom is 0.255 e. The van der Waals surface area contributed by atoms with Crippen molar-refractivity contribution in [3.63, 3.8) is 0 Å². The van der Waals surface area contributed by atoms with Crippen molar-refractivity contribution in [3.05, 3.63) is 59.7 Å². The van der Waals surface area contributed by atoms with Gasteiger partial charge in [0.15, 0.2) is 0 Å². The molecule has 2 aromatic rings. The van der Waals surface area contributed by atoms with Gasteiger partial charge in [-0.2, -0.15) is 0 Å². The summed E-state index contributed by atoms with van der Waals surface area (Å²) in [6, 6.07) is 15.9. The zero-order chi connectivity index (χ0) is 13.9. The molecule has 0 aliphatic heterocycles. The first kappa shape index (κ1) is 12.7. The summed E-state index contributed by atoms with van der Waals surface area (Å²) in [6.07, 6.45) is 2.49. The van der Waals surface area contributed by atoms with E-state index in [4.69, 9.17) is 0 Å². The normalized spacial score (nSPS) is 13.8. The standard InChI is InChI=1S/C17H18N2O/c1-12-11-13(7-10-16(12)18-15-8-9-15)17(20)19-14-5-3-2-4-6-14/h2-7,10-11,15,18H,8-9H2,1H3,(H,19,20). The molecule has 0 spiro atoms. The second-order valence-electron chi connectivity index (χ2n) is 5.27. The summed E-state index contributed by atoms with van der Waals surface area (Å²) in [4.78, 5) is 12.2. The first-order chi connectivity index (χ1) is 9.72. The molecule has 3 rings (SSSR count). The van der Waals surface area contributed by atoms with E-state index >= 15 is 0 Å². The maximum atomic E-state index is 12.2. The van der Waals surface area contributed by atoms with E-state index in [2.05, 4.69) is 10.6 Å². The van der Waals surface area contributed by atoms with E-state index in [0.717, 1.165) is 16.9 Å². The van der Waals surface area contributed by atoms with E-state index in [1.54, 1.807) is 0 Å². The van der Waals surface area contributed by atoms with E-state index in [9.17, 15) is 4.79 Å². The number of nitrogens with one attached hydrogen (secondary N) is 2. The van der Waals surface area contributed by atoms with Crippen LogP contribution in [0.15, 0.2) is 48.5 Å². The molecule has 0 bridgehead atoms. The average molecular weight is 266 g/mol. The highest BCUT2D eigenvalue weighted by molar-refractivity contribution is 6.04. The Hall–Kier alpha value is -2.29. The van der Waals surface area contributed by atoms with Crippen LogP contribution in [0.4, 0.5) is 11.4 Å². The monoisotopic (exact) mass is 266 g/mol. The van der Waals surface area contributed by atoms with Gasteiger partial charge in [0.05, 0.1) is 0 Å². The van der Waals surface area contributed by atoms with Crippen molar-refractivity contribution >= 4 is 17.3 Å². The van der Waals surface area contributed by atoms with Crippen LogP contribution in [0.1, 0.15) is 28.8 Å². The number of hydrogen-bond acceptors (Lipinski definition) is 2. The lowest BCUT2D eigenvalue weighted by molar-refractivity contribution is 0.102. The van der Waals surface area contributed by atoms with Crippen LogP contribution in [-0.2, 0) is 0 Å². The van der Waals surface area contributed by atoms with Crippen LogP contribution < -0.4 is 10.6 Å². The number of carbonyl (C=O) groups excluding carboxylic acids is 1. The van der Waals surface area contributed by atoms with E-state index < -0.39 is 0 Å². The fourth-order valence-electron chi connectivity index (χ4n) is 2.14. The summed E-state index contributed by atoms with van der Waals surface area (Å²) in [6.45, 7) is 2.03. The molecule has 0 radical (unpaired) electrons. The first-order valence-electron chi connectivity index (χ1n) is 6.96. The zero-order valence-electron chi connectivity index (χ0n) is 11.5. The Morgan fingerprint density at radius 3 is 2.50 bits per heavy atom. The molecule has 0 aromatic heterocycles. The van der Waals surface area contributed by atoms with Gasteiger partial charge in [0.1, 0.15) is 0 Å². The van der Waals surface area contributed by atoms with Crippen molar-refractivity contribution < 1.29 is 4.79 Å². The lowest BCUT2D eigenvalue weighted by Crippen LogP contribution is -2.12. The number of anilines is 2. The van der Waals surface area contributed by atoms with Crippen LogP contribution in [0.2, 0.25) is 0 Å². The minimum atomic E-state index is -0.0720. The van der Waals surface area contributed by atoms with Gasteiger partial charge in [-0.3, -0.25) is 4.79 Å². The highest BCUT2D eigenvalue weighted by atomic mass is 16.1. The highest BCUT2D eigenvalue weighted by Crippen LogP contribution is 2.27. The molecule has 1 aliphatic rings. The van der Waals surface area contributed by atoms with Crippen LogP contribution in [0.3, 0.4) is 0 Å². The largest absolute Gasteiger partial charge is 0.382 e. The van der Waals surface area contributed by atoms with Crippen LogP contribution >= 0.6 is 0 Å². The van der Waals surface area contributed by atoms with Gasteiger partial charge in [-0.05, 0) is 55.7 Å². The lowest BCUT2D eigenvalue weighted by atomic mass is 10.1. The van der Waals surface area contributed by atoms with Crippen LogP contribution in [-0.4, -0.2) is 11.9 Å². The molecule has 1 saturated carbocycles. The van der Waals surface area contributed by atoms with Gasteiger partial charge < -0.3 is 10.6 Å². The van der Waals surface area contributed by atoms with E-state index in [-0.39, 0.29) is 5.91 Å². The molecule has 0 saturated heterocycles. The van der Waals surface area contributed by atoms with Crippen LogP contribution in [0.25, 0.3) is 0 Å². The third kappa shape index (κ3) is 2.99. The van der Waals surface area contributed by atoms with Gasteiger partial charge in [-0.15, -0.1) is 0 Å². The number of hydrogen-bond donors (Lipinski definition) is 2.